The number of hydrogen-bond donors (Lipinski definition) is 1. The van der Waals surface area contributed by atoms with Crippen LogP contribution in [0.2, 0.25) is 0 Å². The van der Waals surface area contributed by atoms with Gasteiger partial charge in [-0.3, -0.25) is 4.79 Å². The highest BCUT2D eigenvalue weighted by atomic mass is 32.2. The van der Waals surface area contributed by atoms with Crippen LogP contribution in [0.25, 0.3) is 0 Å². The summed E-state index contributed by atoms with van der Waals surface area (Å²) < 4.78 is 64.2. The number of carbonyl (C=O) groups is 1. The largest absolute Gasteiger partial charge is 0.416 e. The van der Waals surface area contributed by atoms with Crippen LogP contribution in [0, 0.1) is 12.8 Å². The number of carbonyl (C=O) groups excluding carboxylic acids is 1. The molecule has 10 nitrogen and oxygen atoms in total. The number of aromatic nitrogens is 2. The second kappa shape index (κ2) is 13.8. The maximum absolute atomic E-state index is 13.5. The molecule has 5 rings (SSSR count). The zero-order chi connectivity index (χ0) is 32.4. The Hall–Kier alpha value is -2.97. The van der Waals surface area contributed by atoms with Crippen molar-refractivity contribution < 1.29 is 26.4 Å². The van der Waals surface area contributed by atoms with Gasteiger partial charge in [-0.2, -0.15) is 13.2 Å². The summed E-state index contributed by atoms with van der Waals surface area (Å²) >= 11 is 0. The van der Waals surface area contributed by atoms with Gasteiger partial charge in [-0.05, 0) is 88.7 Å². The molecule has 1 atom stereocenters. The summed E-state index contributed by atoms with van der Waals surface area (Å²) in [7, 11) is -1.54. The summed E-state index contributed by atoms with van der Waals surface area (Å²) in [5.74, 6) is 0.790. The fraction of sp³-hybridized carbons (Fsp3) is 0.645. The molecule has 1 N–H and O–H groups in total. The van der Waals surface area contributed by atoms with Crippen LogP contribution in [0.1, 0.15) is 60.1 Å². The molecular formula is C31H44F3N7O3S. The van der Waals surface area contributed by atoms with Crippen LogP contribution in [0.3, 0.4) is 0 Å². The van der Waals surface area contributed by atoms with Crippen LogP contribution in [-0.4, -0.2) is 110 Å². The summed E-state index contributed by atoms with van der Waals surface area (Å²) in [6, 6.07) is 5.76. The van der Waals surface area contributed by atoms with Crippen LogP contribution in [0.5, 0.6) is 0 Å². The SMILES string of the molecule is Cc1c(NCC2CCCN(c3ccc(C(F)(F)F)cc3)C2)ncnc1C(=O)N1CCC(N2CCC(N(C)S(C)(=O)=O)CC2)CC1. The van der Waals surface area contributed by atoms with E-state index in [4.69, 9.17) is 0 Å². The number of alkyl halides is 3. The molecule has 1 unspecified atom stereocenters. The third-order valence-electron chi connectivity index (χ3n) is 9.73. The van der Waals surface area contributed by atoms with Crippen molar-refractivity contribution in [2.45, 2.75) is 63.7 Å². The van der Waals surface area contributed by atoms with Gasteiger partial charge in [0, 0.05) is 63.1 Å². The minimum absolute atomic E-state index is 0.0394. The van der Waals surface area contributed by atoms with Gasteiger partial charge in [0.15, 0.2) is 0 Å². The van der Waals surface area contributed by atoms with Crippen LogP contribution >= 0.6 is 0 Å². The summed E-state index contributed by atoms with van der Waals surface area (Å²) in [6.45, 7) is 6.98. The van der Waals surface area contributed by atoms with Crippen molar-refractivity contribution in [3.05, 3.63) is 47.4 Å². The first-order valence-electron chi connectivity index (χ1n) is 15.7. The summed E-state index contributed by atoms with van der Waals surface area (Å²) in [5.41, 5.74) is 1.24. The van der Waals surface area contributed by atoms with Crippen molar-refractivity contribution >= 4 is 27.4 Å². The molecule has 1 aromatic heterocycles. The van der Waals surface area contributed by atoms with Gasteiger partial charge in [0.25, 0.3) is 5.91 Å². The fourth-order valence-corrected chi connectivity index (χ4v) is 7.63. The fourth-order valence-electron chi connectivity index (χ4n) is 6.88. The lowest BCUT2D eigenvalue weighted by Gasteiger charge is -2.43. The van der Waals surface area contributed by atoms with Crippen molar-refractivity contribution in [1.82, 2.24) is 24.1 Å². The first-order chi connectivity index (χ1) is 21.3. The van der Waals surface area contributed by atoms with Crippen molar-refractivity contribution in [1.29, 1.82) is 0 Å². The van der Waals surface area contributed by atoms with Crippen LogP contribution in [0.15, 0.2) is 30.6 Å². The standard InChI is InChI=1S/C31H44F3N7O3S/c1-22-28(30(42)40-17-12-27(13-18-40)39-15-10-25(11-16-39)38(2)45(3,43)44)36-21-37-29(22)35-19-23-5-4-14-41(20-23)26-8-6-24(7-9-26)31(32,33)34/h6-9,21,23,25,27H,4-5,10-20H2,1-3H3,(H,35,36,37). The maximum atomic E-state index is 13.5. The molecule has 0 spiro atoms. The molecule has 0 aliphatic carbocycles. The van der Waals surface area contributed by atoms with E-state index in [1.165, 1.54) is 29.0 Å². The topological polar surface area (TPSA) is 102 Å². The predicted molar refractivity (Wildman–Crippen MR) is 168 cm³/mol. The molecule has 3 fully saturated rings. The molecule has 4 heterocycles. The number of sulfonamides is 1. The van der Waals surface area contributed by atoms with Gasteiger partial charge >= 0.3 is 6.18 Å². The molecule has 0 bridgehead atoms. The van der Waals surface area contributed by atoms with Gasteiger partial charge in [0.2, 0.25) is 10.0 Å². The molecule has 3 aliphatic rings. The number of likely N-dealkylation sites (tertiary alicyclic amines) is 2. The summed E-state index contributed by atoms with van der Waals surface area (Å²) in [5, 5.41) is 3.41. The highest BCUT2D eigenvalue weighted by molar-refractivity contribution is 7.88. The third-order valence-corrected chi connectivity index (χ3v) is 11.1. The Labute approximate surface area is 264 Å². The quantitative estimate of drug-likeness (QED) is 0.456. The summed E-state index contributed by atoms with van der Waals surface area (Å²) in [4.78, 5) is 28.7. The zero-order valence-corrected chi connectivity index (χ0v) is 27.1. The number of anilines is 2. The highest BCUT2D eigenvalue weighted by Gasteiger charge is 2.34. The Morgan fingerprint density at radius 2 is 1.67 bits per heavy atom. The molecule has 2 aromatic rings. The summed E-state index contributed by atoms with van der Waals surface area (Å²) in [6.07, 6.45) is 3.60. The molecule has 3 aliphatic heterocycles. The van der Waals surface area contributed by atoms with E-state index in [-0.39, 0.29) is 17.9 Å². The minimum atomic E-state index is -4.35. The highest BCUT2D eigenvalue weighted by Crippen LogP contribution is 2.32. The predicted octanol–water partition coefficient (Wildman–Crippen LogP) is 4.09. The molecule has 248 valence electrons. The van der Waals surface area contributed by atoms with Gasteiger partial charge in [0.1, 0.15) is 17.8 Å². The van der Waals surface area contributed by atoms with Gasteiger partial charge < -0.3 is 20.0 Å². The van der Waals surface area contributed by atoms with Crippen molar-refractivity contribution in [3.63, 3.8) is 0 Å². The third kappa shape index (κ3) is 8.07. The molecule has 3 saturated heterocycles. The molecule has 1 amide bonds. The number of hydrogen-bond acceptors (Lipinski definition) is 8. The van der Waals surface area contributed by atoms with Crippen LogP contribution < -0.4 is 10.2 Å². The first-order valence-corrected chi connectivity index (χ1v) is 17.6. The van der Waals surface area contributed by atoms with Crippen LogP contribution in [-0.2, 0) is 16.2 Å². The normalized spacial score (nSPS) is 21.4. The number of piperidine rings is 3. The van der Waals surface area contributed by atoms with Crippen molar-refractivity contribution in [2.24, 2.45) is 5.92 Å². The molecule has 1 aromatic carbocycles. The van der Waals surface area contributed by atoms with Gasteiger partial charge in [-0.25, -0.2) is 22.7 Å². The van der Waals surface area contributed by atoms with E-state index in [0.29, 0.717) is 42.8 Å². The lowest BCUT2D eigenvalue weighted by atomic mass is 9.97. The Kier molecular flexibility index (Phi) is 10.2. The number of nitrogens with one attached hydrogen (secondary N) is 1. The molecule has 0 saturated carbocycles. The lowest BCUT2D eigenvalue weighted by molar-refractivity contribution is -0.137. The number of benzene rings is 1. The van der Waals surface area contributed by atoms with E-state index in [0.717, 1.165) is 82.5 Å². The van der Waals surface area contributed by atoms with Crippen molar-refractivity contribution in [2.75, 3.05) is 69.3 Å². The van der Waals surface area contributed by atoms with Gasteiger partial charge in [-0.1, -0.05) is 0 Å². The van der Waals surface area contributed by atoms with E-state index in [1.54, 1.807) is 7.05 Å². The van der Waals surface area contributed by atoms with Crippen LogP contribution in [0.4, 0.5) is 24.7 Å². The van der Waals surface area contributed by atoms with Gasteiger partial charge in [0.05, 0.1) is 11.8 Å². The zero-order valence-electron chi connectivity index (χ0n) is 26.3. The minimum Gasteiger partial charge on any atom is -0.371 e. The molecule has 0 radical (unpaired) electrons. The average molecular weight is 652 g/mol. The monoisotopic (exact) mass is 651 g/mol. The van der Waals surface area contributed by atoms with Crippen molar-refractivity contribution in [3.8, 4) is 0 Å². The Morgan fingerprint density at radius 3 is 2.29 bits per heavy atom. The number of halogens is 3. The molecule has 14 heteroatoms. The lowest BCUT2D eigenvalue weighted by Crippen LogP contribution is -2.52. The second-order valence-electron chi connectivity index (χ2n) is 12.6. The number of amides is 1. The first kappa shape index (κ1) is 33.4. The van der Waals surface area contributed by atoms with Gasteiger partial charge in [-0.15, -0.1) is 0 Å². The average Bonchev–Trinajstić information content (AvgIpc) is 3.03. The molecular weight excluding hydrogens is 607 g/mol. The number of nitrogens with zero attached hydrogens (tertiary/aromatic N) is 6. The molecule has 45 heavy (non-hydrogen) atoms. The maximum Gasteiger partial charge on any atom is 0.416 e. The Morgan fingerprint density at radius 1 is 1.00 bits per heavy atom. The Bertz CT molecular complexity index is 1420. The number of rotatable bonds is 8. The van der Waals surface area contributed by atoms with E-state index < -0.39 is 21.8 Å². The van der Waals surface area contributed by atoms with E-state index in [1.807, 2.05) is 11.8 Å². The van der Waals surface area contributed by atoms with E-state index >= 15 is 0 Å². The van der Waals surface area contributed by atoms with E-state index in [9.17, 15) is 26.4 Å². The van der Waals surface area contributed by atoms with E-state index in [2.05, 4.69) is 25.1 Å². The second-order valence-corrected chi connectivity index (χ2v) is 14.7. The Balaban J connectivity index is 1.11. The smallest absolute Gasteiger partial charge is 0.371 e.